The van der Waals surface area contributed by atoms with Crippen molar-refractivity contribution in [2.45, 2.75) is 13.8 Å². The summed E-state index contributed by atoms with van der Waals surface area (Å²) in [6, 6.07) is 9.07. The Labute approximate surface area is 102 Å². The molecule has 0 aliphatic rings. The zero-order valence-electron chi connectivity index (χ0n) is 9.09. The van der Waals surface area contributed by atoms with Gasteiger partial charge in [-0.1, -0.05) is 12.1 Å². The summed E-state index contributed by atoms with van der Waals surface area (Å²) in [5.41, 5.74) is 3.26. The van der Waals surface area contributed by atoms with E-state index in [4.69, 9.17) is 0 Å². The molecule has 0 radical (unpaired) electrons. The molecule has 0 unspecified atom stereocenters. The Morgan fingerprint density at radius 1 is 1.12 bits per heavy atom. The summed E-state index contributed by atoms with van der Waals surface area (Å²) in [6.45, 7) is 3.82. The Morgan fingerprint density at radius 3 is 2.38 bits per heavy atom. The number of benzene rings is 1. The molecular weight excluding hydrogens is 269 g/mol. The smallest absolute Gasteiger partial charge is 0.145 e. The van der Waals surface area contributed by atoms with Gasteiger partial charge < -0.3 is 0 Å². The lowest BCUT2D eigenvalue weighted by molar-refractivity contribution is 0.624. The summed E-state index contributed by atoms with van der Waals surface area (Å²) in [6.07, 6.45) is 0. The van der Waals surface area contributed by atoms with Crippen molar-refractivity contribution in [2.75, 3.05) is 0 Å². The lowest BCUT2D eigenvalue weighted by Crippen LogP contribution is -1.91. The van der Waals surface area contributed by atoms with Gasteiger partial charge in [-0.25, -0.2) is 4.39 Å². The van der Waals surface area contributed by atoms with Crippen LogP contribution in [0.4, 0.5) is 4.39 Å². The number of halogens is 2. The molecule has 1 aromatic carbocycles. The molecule has 0 aliphatic carbocycles. The van der Waals surface area contributed by atoms with Crippen LogP contribution in [0.5, 0.6) is 0 Å². The number of pyridine rings is 1. The predicted molar refractivity (Wildman–Crippen MR) is 66.8 cm³/mol. The molecule has 0 amide bonds. The zero-order chi connectivity index (χ0) is 11.7. The molecule has 0 bridgehead atoms. The molecule has 1 heterocycles. The Hall–Kier alpha value is -1.22. The number of nitrogens with zero attached hydrogens (tertiary/aromatic N) is 1. The number of hydrogen-bond donors (Lipinski definition) is 0. The molecule has 0 aliphatic heterocycles. The van der Waals surface area contributed by atoms with E-state index in [0.29, 0.717) is 10.0 Å². The molecule has 1 nitrogen and oxygen atoms in total. The van der Waals surface area contributed by atoms with Crippen molar-refractivity contribution in [1.82, 2.24) is 4.98 Å². The lowest BCUT2D eigenvalue weighted by atomic mass is 10.0. The average molecular weight is 280 g/mol. The molecule has 3 heteroatoms. The summed E-state index contributed by atoms with van der Waals surface area (Å²) in [5.74, 6) is -0.229. The average Bonchev–Trinajstić information content (AvgIpc) is 2.20. The number of hydrogen-bond acceptors (Lipinski definition) is 1. The van der Waals surface area contributed by atoms with Crippen LogP contribution in [0.1, 0.15) is 11.4 Å². The van der Waals surface area contributed by atoms with Gasteiger partial charge in [0.05, 0.1) is 4.47 Å². The van der Waals surface area contributed by atoms with Crippen LogP contribution in [-0.2, 0) is 0 Å². The third kappa shape index (κ3) is 2.14. The highest BCUT2D eigenvalue weighted by molar-refractivity contribution is 9.10. The van der Waals surface area contributed by atoms with E-state index < -0.39 is 0 Å². The van der Waals surface area contributed by atoms with Crippen molar-refractivity contribution in [3.8, 4) is 11.1 Å². The maximum absolute atomic E-state index is 13.9. The van der Waals surface area contributed by atoms with Crippen molar-refractivity contribution in [2.24, 2.45) is 0 Å². The fourth-order valence-electron chi connectivity index (χ4n) is 1.72. The molecule has 0 spiro atoms. The van der Waals surface area contributed by atoms with Gasteiger partial charge in [-0.15, -0.1) is 0 Å². The monoisotopic (exact) mass is 279 g/mol. The van der Waals surface area contributed by atoms with Crippen LogP contribution in [0.3, 0.4) is 0 Å². The van der Waals surface area contributed by atoms with Crippen molar-refractivity contribution in [1.29, 1.82) is 0 Å². The summed E-state index contributed by atoms with van der Waals surface area (Å²) in [5, 5.41) is 0. The molecule has 2 aromatic rings. The summed E-state index contributed by atoms with van der Waals surface area (Å²) < 4.78 is 14.4. The first-order valence-corrected chi connectivity index (χ1v) is 5.77. The molecule has 0 N–H and O–H groups in total. The predicted octanol–water partition coefficient (Wildman–Crippen LogP) is 4.27. The highest BCUT2D eigenvalue weighted by Gasteiger charge is 2.08. The highest BCUT2D eigenvalue weighted by Crippen LogP contribution is 2.28. The third-order valence-electron chi connectivity index (χ3n) is 2.34. The maximum Gasteiger partial charge on any atom is 0.145 e. The van der Waals surface area contributed by atoms with Crippen LogP contribution in [0.15, 0.2) is 34.8 Å². The maximum atomic E-state index is 13.9. The second kappa shape index (κ2) is 4.34. The second-order valence-corrected chi connectivity index (χ2v) is 4.59. The highest BCUT2D eigenvalue weighted by atomic mass is 79.9. The van der Waals surface area contributed by atoms with E-state index in [1.807, 2.05) is 32.0 Å². The Morgan fingerprint density at radius 2 is 1.75 bits per heavy atom. The Bertz CT molecular complexity index is 517. The molecule has 2 rings (SSSR count). The molecular formula is C13H11BrFN. The van der Waals surface area contributed by atoms with Gasteiger partial charge in [0.15, 0.2) is 0 Å². The largest absolute Gasteiger partial charge is 0.258 e. The second-order valence-electron chi connectivity index (χ2n) is 3.74. The summed E-state index contributed by atoms with van der Waals surface area (Å²) in [7, 11) is 0. The molecule has 0 fully saturated rings. The van der Waals surface area contributed by atoms with E-state index in [-0.39, 0.29) is 5.82 Å². The first kappa shape index (κ1) is 11.3. The molecule has 1 aromatic heterocycles. The standard InChI is InChI=1S/C13H11BrFN/c1-8-6-10(7-9(2)16-8)11-4-3-5-12(14)13(11)15/h3-7H,1-2H3. The fourth-order valence-corrected chi connectivity index (χ4v) is 2.08. The van der Waals surface area contributed by atoms with Gasteiger partial charge in [0, 0.05) is 17.0 Å². The van der Waals surface area contributed by atoms with Gasteiger partial charge in [-0.05, 0) is 53.5 Å². The number of aromatic nitrogens is 1. The minimum Gasteiger partial charge on any atom is -0.258 e. The van der Waals surface area contributed by atoms with Gasteiger partial charge >= 0.3 is 0 Å². The molecule has 0 saturated carbocycles. The van der Waals surface area contributed by atoms with Crippen molar-refractivity contribution < 1.29 is 4.39 Å². The van der Waals surface area contributed by atoms with E-state index in [0.717, 1.165) is 17.0 Å². The van der Waals surface area contributed by atoms with Gasteiger partial charge in [0.2, 0.25) is 0 Å². The Kier molecular flexibility index (Phi) is 3.06. The SMILES string of the molecule is Cc1cc(-c2cccc(Br)c2F)cc(C)n1. The van der Waals surface area contributed by atoms with Crippen LogP contribution in [0, 0.1) is 19.7 Å². The number of rotatable bonds is 1. The minimum atomic E-state index is -0.229. The van der Waals surface area contributed by atoms with Crippen LogP contribution < -0.4 is 0 Å². The first-order chi connectivity index (χ1) is 7.58. The van der Waals surface area contributed by atoms with Crippen molar-refractivity contribution in [3.05, 3.63) is 52.0 Å². The molecule has 0 atom stereocenters. The minimum absolute atomic E-state index is 0.229. The van der Waals surface area contributed by atoms with E-state index in [2.05, 4.69) is 20.9 Å². The molecule has 0 saturated heterocycles. The van der Waals surface area contributed by atoms with Gasteiger partial charge in [0.1, 0.15) is 5.82 Å². The first-order valence-electron chi connectivity index (χ1n) is 4.97. The normalized spacial score (nSPS) is 10.5. The van der Waals surface area contributed by atoms with Gasteiger partial charge in [0.25, 0.3) is 0 Å². The fraction of sp³-hybridized carbons (Fsp3) is 0.154. The third-order valence-corrected chi connectivity index (χ3v) is 2.96. The lowest BCUT2D eigenvalue weighted by Gasteiger charge is -2.06. The summed E-state index contributed by atoms with van der Waals surface area (Å²) in [4.78, 5) is 4.28. The summed E-state index contributed by atoms with van der Waals surface area (Å²) >= 11 is 3.19. The molecule has 16 heavy (non-hydrogen) atoms. The van der Waals surface area contributed by atoms with E-state index in [9.17, 15) is 4.39 Å². The van der Waals surface area contributed by atoms with E-state index >= 15 is 0 Å². The topological polar surface area (TPSA) is 12.9 Å². The van der Waals surface area contributed by atoms with E-state index in [1.54, 1.807) is 12.1 Å². The van der Waals surface area contributed by atoms with Crippen LogP contribution >= 0.6 is 15.9 Å². The van der Waals surface area contributed by atoms with Crippen LogP contribution in [0.25, 0.3) is 11.1 Å². The quantitative estimate of drug-likeness (QED) is 0.760. The van der Waals surface area contributed by atoms with Gasteiger partial charge in [-0.3, -0.25) is 4.98 Å². The van der Waals surface area contributed by atoms with Crippen molar-refractivity contribution in [3.63, 3.8) is 0 Å². The van der Waals surface area contributed by atoms with Crippen molar-refractivity contribution >= 4 is 15.9 Å². The van der Waals surface area contributed by atoms with Crippen LogP contribution in [0.2, 0.25) is 0 Å². The number of aryl methyl sites for hydroxylation is 2. The van der Waals surface area contributed by atoms with Gasteiger partial charge in [-0.2, -0.15) is 0 Å². The van der Waals surface area contributed by atoms with Crippen LogP contribution in [-0.4, -0.2) is 4.98 Å². The zero-order valence-corrected chi connectivity index (χ0v) is 10.7. The Balaban J connectivity index is 2.63. The van der Waals surface area contributed by atoms with E-state index in [1.165, 1.54) is 0 Å². The molecule has 82 valence electrons.